The summed E-state index contributed by atoms with van der Waals surface area (Å²) in [6.45, 7) is 4.64. The Balaban J connectivity index is 1.68. The number of phenolic OH excluding ortho intramolecular Hbond substituents is 1. The van der Waals surface area contributed by atoms with E-state index in [1.807, 2.05) is 12.1 Å². The molecular formula is C21H22N2O2. The predicted octanol–water partition coefficient (Wildman–Crippen LogP) is 4.87. The molecule has 1 aliphatic rings. The highest BCUT2D eigenvalue weighted by Gasteiger charge is 2.19. The number of benzene rings is 2. The van der Waals surface area contributed by atoms with Crippen LogP contribution in [0.2, 0.25) is 0 Å². The van der Waals surface area contributed by atoms with Crippen molar-refractivity contribution in [2.45, 2.75) is 25.8 Å². The van der Waals surface area contributed by atoms with Crippen molar-refractivity contribution in [2.75, 3.05) is 13.1 Å². The molecule has 2 heterocycles. The van der Waals surface area contributed by atoms with E-state index in [2.05, 4.69) is 41.2 Å². The van der Waals surface area contributed by atoms with E-state index < -0.39 is 0 Å². The third kappa shape index (κ3) is 3.17. The standard InChI is InChI=1S/C21H22N2O2/c1-15(23-11-2-3-12-23)16-5-4-6-17(13-16)18-7-8-20(24)19(14-18)21-9-10-22-25-21/h4-10,13-15,24H,2-3,11-12H2,1H3/t15-/m1/s1. The summed E-state index contributed by atoms with van der Waals surface area (Å²) in [4.78, 5) is 2.54. The second kappa shape index (κ2) is 6.73. The molecule has 2 aromatic carbocycles. The van der Waals surface area contributed by atoms with Crippen molar-refractivity contribution in [1.29, 1.82) is 0 Å². The molecule has 4 heteroatoms. The lowest BCUT2D eigenvalue weighted by Crippen LogP contribution is -2.23. The fourth-order valence-electron chi connectivity index (χ4n) is 3.59. The van der Waals surface area contributed by atoms with E-state index in [0.29, 0.717) is 17.4 Å². The largest absolute Gasteiger partial charge is 0.507 e. The van der Waals surface area contributed by atoms with E-state index in [-0.39, 0.29) is 5.75 Å². The van der Waals surface area contributed by atoms with E-state index in [4.69, 9.17) is 4.52 Å². The van der Waals surface area contributed by atoms with Crippen molar-refractivity contribution in [1.82, 2.24) is 10.1 Å². The van der Waals surface area contributed by atoms with Gasteiger partial charge in [-0.05, 0) is 67.7 Å². The molecule has 25 heavy (non-hydrogen) atoms. The highest BCUT2D eigenvalue weighted by atomic mass is 16.5. The topological polar surface area (TPSA) is 49.5 Å². The minimum Gasteiger partial charge on any atom is -0.507 e. The van der Waals surface area contributed by atoms with Gasteiger partial charge >= 0.3 is 0 Å². The first-order valence-electron chi connectivity index (χ1n) is 8.81. The molecule has 1 atom stereocenters. The van der Waals surface area contributed by atoms with Crippen molar-refractivity contribution in [3.05, 3.63) is 60.3 Å². The van der Waals surface area contributed by atoms with Gasteiger partial charge in [0, 0.05) is 12.1 Å². The fourth-order valence-corrected chi connectivity index (χ4v) is 3.59. The van der Waals surface area contributed by atoms with Gasteiger partial charge < -0.3 is 9.63 Å². The number of likely N-dealkylation sites (tertiary alicyclic amines) is 1. The van der Waals surface area contributed by atoms with Gasteiger partial charge in [0.05, 0.1) is 11.8 Å². The number of nitrogens with zero attached hydrogens (tertiary/aromatic N) is 2. The lowest BCUT2D eigenvalue weighted by Gasteiger charge is -2.24. The Bertz CT molecular complexity index is 852. The molecule has 0 spiro atoms. The number of hydrogen-bond acceptors (Lipinski definition) is 4. The number of rotatable bonds is 4. The molecule has 4 nitrogen and oxygen atoms in total. The first-order chi connectivity index (χ1) is 12.2. The summed E-state index contributed by atoms with van der Waals surface area (Å²) < 4.78 is 5.20. The van der Waals surface area contributed by atoms with Crippen LogP contribution in [0.15, 0.2) is 59.3 Å². The SMILES string of the molecule is C[C@H](c1cccc(-c2ccc(O)c(-c3ccno3)c2)c1)N1CCCC1. The molecule has 3 aromatic rings. The molecule has 128 valence electrons. The first-order valence-corrected chi connectivity index (χ1v) is 8.81. The summed E-state index contributed by atoms with van der Waals surface area (Å²) >= 11 is 0. The van der Waals surface area contributed by atoms with Crippen molar-refractivity contribution < 1.29 is 9.63 Å². The summed E-state index contributed by atoms with van der Waals surface area (Å²) in [6, 6.07) is 16.4. The maximum atomic E-state index is 10.1. The van der Waals surface area contributed by atoms with Crippen LogP contribution in [0.25, 0.3) is 22.5 Å². The maximum Gasteiger partial charge on any atom is 0.170 e. The second-order valence-corrected chi connectivity index (χ2v) is 6.65. The predicted molar refractivity (Wildman–Crippen MR) is 98.3 cm³/mol. The smallest absolute Gasteiger partial charge is 0.170 e. The van der Waals surface area contributed by atoms with Crippen LogP contribution in [-0.4, -0.2) is 28.3 Å². The molecule has 0 amide bonds. The minimum atomic E-state index is 0.196. The molecule has 1 N–H and O–H groups in total. The Morgan fingerprint density at radius 2 is 1.84 bits per heavy atom. The van der Waals surface area contributed by atoms with Crippen molar-refractivity contribution in [2.24, 2.45) is 0 Å². The van der Waals surface area contributed by atoms with E-state index in [0.717, 1.165) is 11.1 Å². The second-order valence-electron chi connectivity index (χ2n) is 6.65. The van der Waals surface area contributed by atoms with Gasteiger partial charge in [-0.2, -0.15) is 0 Å². The zero-order chi connectivity index (χ0) is 17.2. The average molecular weight is 334 g/mol. The van der Waals surface area contributed by atoms with Crippen LogP contribution in [0, 0.1) is 0 Å². The zero-order valence-electron chi connectivity index (χ0n) is 14.4. The highest BCUT2D eigenvalue weighted by molar-refractivity contribution is 5.75. The molecular weight excluding hydrogens is 312 g/mol. The lowest BCUT2D eigenvalue weighted by atomic mass is 9.97. The van der Waals surface area contributed by atoms with Gasteiger partial charge in [0.1, 0.15) is 5.75 Å². The summed E-state index contributed by atoms with van der Waals surface area (Å²) in [5.74, 6) is 0.767. The van der Waals surface area contributed by atoms with Gasteiger partial charge in [0.2, 0.25) is 0 Å². The van der Waals surface area contributed by atoms with Crippen molar-refractivity contribution >= 4 is 0 Å². The summed E-state index contributed by atoms with van der Waals surface area (Å²) in [5.41, 5.74) is 4.19. The normalized spacial score (nSPS) is 16.2. The number of aromatic nitrogens is 1. The van der Waals surface area contributed by atoms with E-state index >= 15 is 0 Å². The molecule has 0 bridgehead atoms. The summed E-state index contributed by atoms with van der Waals surface area (Å²) in [6.07, 6.45) is 4.17. The third-order valence-corrected chi connectivity index (χ3v) is 5.09. The summed E-state index contributed by atoms with van der Waals surface area (Å²) in [7, 11) is 0. The van der Waals surface area contributed by atoms with Crippen molar-refractivity contribution in [3.8, 4) is 28.2 Å². The average Bonchev–Trinajstić information content (AvgIpc) is 3.35. The first kappa shape index (κ1) is 15.9. The minimum absolute atomic E-state index is 0.196. The Kier molecular flexibility index (Phi) is 4.28. The number of phenols is 1. The molecule has 0 unspecified atom stereocenters. The fraction of sp³-hybridized carbons (Fsp3) is 0.286. The molecule has 0 radical (unpaired) electrons. The van der Waals surface area contributed by atoms with Gasteiger partial charge in [-0.15, -0.1) is 0 Å². The van der Waals surface area contributed by atoms with Crippen molar-refractivity contribution in [3.63, 3.8) is 0 Å². The van der Waals surface area contributed by atoms with Gasteiger partial charge in [0.25, 0.3) is 0 Å². The van der Waals surface area contributed by atoms with Gasteiger partial charge in [-0.25, -0.2) is 0 Å². The Morgan fingerprint density at radius 1 is 1.04 bits per heavy atom. The van der Waals surface area contributed by atoms with E-state index in [9.17, 15) is 5.11 Å². The maximum absolute atomic E-state index is 10.1. The van der Waals surface area contributed by atoms with Crippen LogP contribution in [0.1, 0.15) is 31.4 Å². The number of hydrogen-bond donors (Lipinski definition) is 1. The van der Waals surface area contributed by atoms with E-state index in [1.54, 1.807) is 18.3 Å². The molecule has 4 rings (SSSR count). The monoisotopic (exact) mass is 334 g/mol. The molecule has 0 aliphatic carbocycles. The van der Waals surface area contributed by atoms with Crippen LogP contribution >= 0.6 is 0 Å². The molecule has 1 saturated heterocycles. The van der Waals surface area contributed by atoms with Crippen LogP contribution in [0.3, 0.4) is 0 Å². The highest BCUT2D eigenvalue weighted by Crippen LogP contribution is 2.34. The van der Waals surface area contributed by atoms with Crippen LogP contribution in [0.5, 0.6) is 5.75 Å². The summed E-state index contributed by atoms with van der Waals surface area (Å²) in [5, 5.41) is 13.9. The Morgan fingerprint density at radius 3 is 2.60 bits per heavy atom. The molecule has 1 fully saturated rings. The van der Waals surface area contributed by atoms with Gasteiger partial charge in [-0.3, -0.25) is 4.90 Å². The van der Waals surface area contributed by atoms with Gasteiger partial charge in [0.15, 0.2) is 5.76 Å². The Hall–Kier alpha value is -2.59. The molecule has 1 aliphatic heterocycles. The Labute approximate surface area is 147 Å². The van der Waals surface area contributed by atoms with Crippen LogP contribution in [-0.2, 0) is 0 Å². The van der Waals surface area contributed by atoms with E-state index in [1.165, 1.54) is 31.5 Å². The quantitative estimate of drug-likeness (QED) is 0.739. The molecule has 1 aromatic heterocycles. The number of aromatic hydroxyl groups is 1. The lowest BCUT2D eigenvalue weighted by molar-refractivity contribution is 0.263. The molecule has 0 saturated carbocycles. The zero-order valence-corrected chi connectivity index (χ0v) is 14.4. The van der Waals surface area contributed by atoms with Gasteiger partial charge in [-0.1, -0.05) is 29.4 Å². The van der Waals surface area contributed by atoms with Crippen LogP contribution in [0.4, 0.5) is 0 Å². The third-order valence-electron chi connectivity index (χ3n) is 5.09. The van der Waals surface area contributed by atoms with Crippen LogP contribution < -0.4 is 0 Å².